The van der Waals surface area contributed by atoms with Crippen molar-refractivity contribution in [3.63, 3.8) is 0 Å². The van der Waals surface area contributed by atoms with E-state index in [1.807, 2.05) is 6.07 Å². The first-order valence-corrected chi connectivity index (χ1v) is 12.5. The van der Waals surface area contributed by atoms with Crippen LogP contribution in [0.4, 0.5) is 5.69 Å². The molecule has 3 heterocycles. The van der Waals surface area contributed by atoms with E-state index < -0.39 is 10.0 Å². The molecule has 0 aliphatic carbocycles. The van der Waals surface area contributed by atoms with Crippen molar-refractivity contribution >= 4 is 44.6 Å². The third-order valence-corrected chi connectivity index (χ3v) is 8.69. The van der Waals surface area contributed by atoms with E-state index >= 15 is 0 Å². The van der Waals surface area contributed by atoms with Crippen LogP contribution in [-0.2, 0) is 14.8 Å². The lowest BCUT2D eigenvalue weighted by molar-refractivity contribution is -0.117. The molecule has 0 spiro atoms. The highest BCUT2D eigenvalue weighted by Crippen LogP contribution is 2.34. The van der Waals surface area contributed by atoms with Crippen LogP contribution in [-0.4, -0.2) is 49.7 Å². The molecule has 6 nitrogen and oxygen atoms in total. The fourth-order valence-electron chi connectivity index (χ4n) is 4.03. The SMILES string of the molecule is O=C(CN1CCC[C@H]1c1cccs1)Nc1cc(S(=O)(=O)N2CCCC2)ccc1Cl. The number of likely N-dealkylation sites (tertiary alicyclic amines) is 1. The minimum absolute atomic E-state index is 0.164. The Bertz CT molecular complexity index is 973. The molecule has 1 amide bonds. The molecule has 29 heavy (non-hydrogen) atoms. The molecule has 0 saturated carbocycles. The fraction of sp³-hybridized carbons (Fsp3) is 0.450. The van der Waals surface area contributed by atoms with E-state index in [0.29, 0.717) is 23.8 Å². The van der Waals surface area contributed by atoms with Gasteiger partial charge in [-0.2, -0.15) is 4.31 Å². The number of amides is 1. The predicted molar refractivity (Wildman–Crippen MR) is 116 cm³/mol. The minimum atomic E-state index is -3.56. The van der Waals surface area contributed by atoms with Crippen LogP contribution in [0.2, 0.25) is 5.02 Å². The summed E-state index contributed by atoms with van der Waals surface area (Å²) in [6.07, 6.45) is 3.84. The van der Waals surface area contributed by atoms with E-state index in [1.165, 1.54) is 27.4 Å². The van der Waals surface area contributed by atoms with E-state index in [1.54, 1.807) is 11.3 Å². The zero-order valence-corrected chi connectivity index (χ0v) is 18.4. The van der Waals surface area contributed by atoms with Gasteiger partial charge in [-0.15, -0.1) is 11.3 Å². The minimum Gasteiger partial charge on any atom is -0.324 e. The van der Waals surface area contributed by atoms with Crippen LogP contribution in [0.25, 0.3) is 0 Å². The number of sulfonamides is 1. The average Bonchev–Trinajstić information content (AvgIpc) is 3.45. The number of thiophene rings is 1. The molecular weight excluding hydrogens is 430 g/mol. The van der Waals surface area contributed by atoms with Crippen LogP contribution >= 0.6 is 22.9 Å². The Labute approximate surface area is 180 Å². The molecule has 2 aliphatic rings. The van der Waals surface area contributed by atoms with Crippen LogP contribution in [0.3, 0.4) is 0 Å². The highest BCUT2D eigenvalue weighted by Gasteiger charge is 2.30. The molecule has 1 atom stereocenters. The lowest BCUT2D eigenvalue weighted by atomic mass is 10.2. The molecular formula is C20H24ClN3O3S2. The number of benzene rings is 1. The molecule has 4 rings (SSSR count). The number of carbonyl (C=O) groups is 1. The van der Waals surface area contributed by atoms with Gasteiger partial charge in [0.05, 0.1) is 22.2 Å². The first-order valence-electron chi connectivity index (χ1n) is 9.82. The second-order valence-electron chi connectivity index (χ2n) is 7.44. The smallest absolute Gasteiger partial charge is 0.243 e. The number of hydrogen-bond donors (Lipinski definition) is 1. The fourth-order valence-corrected chi connectivity index (χ4v) is 6.63. The quantitative estimate of drug-likeness (QED) is 0.718. The summed E-state index contributed by atoms with van der Waals surface area (Å²) in [6.45, 7) is 2.19. The van der Waals surface area contributed by atoms with Crippen LogP contribution < -0.4 is 5.32 Å². The molecule has 1 aromatic heterocycles. The summed E-state index contributed by atoms with van der Waals surface area (Å²) in [5.74, 6) is -0.189. The largest absolute Gasteiger partial charge is 0.324 e. The molecule has 2 fully saturated rings. The molecule has 2 saturated heterocycles. The zero-order chi connectivity index (χ0) is 20.4. The Hall–Kier alpha value is -1.45. The van der Waals surface area contributed by atoms with Gasteiger partial charge >= 0.3 is 0 Å². The number of anilines is 1. The number of carbonyl (C=O) groups excluding carboxylic acids is 1. The van der Waals surface area contributed by atoms with Crippen LogP contribution in [0.5, 0.6) is 0 Å². The summed E-state index contributed by atoms with van der Waals surface area (Å²) in [5.41, 5.74) is 0.337. The van der Waals surface area contributed by atoms with Crippen molar-refractivity contribution in [1.29, 1.82) is 0 Å². The summed E-state index contributed by atoms with van der Waals surface area (Å²) in [5, 5.41) is 5.20. The third kappa shape index (κ3) is 4.51. The summed E-state index contributed by atoms with van der Waals surface area (Å²) < 4.78 is 27.1. The maximum atomic E-state index is 12.8. The van der Waals surface area contributed by atoms with Crippen molar-refractivity contribution < 1.29 is 13.2 Å². The van der Waals surface area contributed by atoms with Gasteiger partial charge in [0.15, 0.2) is 0 Å². The summed E-state index contributed by atoms with van der Waals surface area (Å²) in [6, 6.07) is 8.90. The first kappa shape index (κ1) is 20.8. The van der Waals surface area contributed by atoms with Crippen LogP contribution in [0, 0.1) is 0 Å². The monoisotopic (exact) mass is 453 g/mol. The van der Waals surface area contributed by atoms with Gasteiger partial charge in [0.25, 0.3) is 0 Å². The molecule has 0 bridgehead atoms. The van der Waals surface area contributed by atoms with Crippen molar-refractivity contribution in [1.82, 2.24) is 9.21 Å². The predicted octanol–water partition coefficient (Wildman–Crippen LogP) is 3.96. The topological polar surface area (TPSA) is 69.7 Å². The van der Waals surface area contributed by atoms with Crippen molar-refractivity contribution in [2.24, 2.45) is 0 Å². The van der Waals surface area contributed by atoms with Gasteiger partial charge in [0, 0.05) is 24.0 Å². The van der Waals surface area contributed by atoms with E-state index in [9.17, 15) is 13.2 Å². The Morgan fingerprint density at radius 2 is 1.97 bits per heavy atom. The van der Waals surface area contributed by atoms with E-state index in [4.69, 9.17) is 11.6 Å². The molecule has 156 valence electrons. The number of nitrogens with one attached hydrogen (secondary N) is 1. The molecule has 2 aromatic rings. The maximum absolute atomic E-state index is 12.8. The first-order chi connectivity index (χ1) is 13.9. The molecule has 9 heteroatoms. The number of rotatable bonds is 6. The maximum Gasteiger partial charge on any atom is 0.243 e. The molecule has 0 radical (unpaired) electrons. The molecule has 1 aromatic carbocycles. The van der Waals surface area contributed by atoms with Crippen LogP contribution in [0.1, 0.15) is 36.6 Å². The highest BCUT2D eigenvalue weighted by molar-refractivity contribution is 7.89. The lowest BCUT2D eigenvalue weighted by Crippen LogP contribution is -2.33. The second kappa shape index (κ2) is 8.73. The molecule has 2 aliphatic heterocycles. The van der Waals surface area contributed by atoms with Gasteiger partial charge in [-0.1, -0.05) is 17.7 Å². The van der Waals surface area contributed by atoms with E-state index in [2.05, 4.69) is 21.7 Å². The summed E-state index contributed by atoms with van der Waals surface area (Å²) in [7, 11) is -3.56. The van der Waals surface area contributed by atoms with Gasteiger partial charge in [-0.3, -0.25) is 9.69 Å². The van der Waals surface area contributed by atoms with Gasteiger partial charge in [0.1, 0.15) is 0 Å². The highest BCUT2D eigenvalue weighted by atomic mass is 35.5. The standard InChI is InChI=1S/C20H24ClN3O3S2/c21-16-8-7-15(29(26,27)24-10-1-2-11-24)13-17(16)22-20(25)14-23-9-3-5-18(23)19-6-4-12-28-19/h4,6-8,12-13,18H,1-3,5,9-11,14H2,(H,22,25)/t18-/m0/s1. The molecule has 1 N–H and O–H groups in total. The third-order valence-electron chi connectivity index (χ3n) is 5.50. The second-order valence-corrected chi connectivity index (χ2v) is 10.8. The Morgan fingerprint density at radius 3 is 2.69 bits per heavy atom. The number of hydrogen-bond acceptors (Lipinski definition) is 5. The summed E-state index contributed by atoms with van der Waals surface area (Å²) >= 11 is 7.95. The normalized spacial score (nSPS) is 20.9. The van der Waals surface area contributed by atoms with Crippen molar-refractivity contribution in [3.05, 3.63) is 45.6 Å². The zero-order valence-electron chi connectivity index (χ0n) is 16.0. The van der Waals surface area contributed by atoms with Crippen LogP contribution in [0.15, 0.2) is 40.6 Å². The van der Waals surface area contributed by atoms with Gasteiger partial charge < -0.3 is 5.32 Å². The lowest BCUT2D eigenvalue weighted by Gasteiger charge is -2.23. The Kier molecular flexibility index (Phi) is 6.27. The van der Waals surface area contributed by atoms with Crippen molar-refractivity contribution in [2.75, 3.05) is 31.5 Å². The van der Waals surface area contributed by atoms with Crippen molar-refractivity contribution in [3.8, 4) is 0 Å². The Balaban J connectivity index is 1.47. The molecule has 0 unspecified atom stereocenters. The number of halogens is 1. The van der Waals surface area contributed by atoms with Gasteiger partial charge in [-0.25, -0.2) is 8.42 Å². The summed E-state index contributed by atoms with van der Waals surface area (Å²) in [4.78, 5) is 16.3. The Morgan fingerprint density at radius 1 is 1.17 bits per heavy atom. The number of nitrogens with zero attached hydrogens (tertiary/aromatic N) is 2. The van der Waals surface area contributed by atoms with E-state index in [-0.39, 0.29) is 23.4 Å². The van der Waals surface area contributed by atoms with Gasteiger partial charge in [0.2, 0.25) is 15.9 Å². The van der Waals surface area contributed by atoms with Crippen molar-refractivity contribution in [2.45, 2.75) is 36.6 Å². The average molecular weight is 454 g/mol. The van der Waals surface area contributed by atoms with Gasteiger partial charge in [-0.05, 0) is 61.9 Å². The van der Waals surface area contributed by atoms with E-state index in [0.717, 1.165) is 32.2 Å².